The maximum atomic E-state index is 11.1. The fraction of sp³-hybridized carbons (Fsp3) is 0. The van der Waals surface area contributed by atoms with Crippen LogP contribution in [0.15, 0.2) is 12.1 Å². The van der Waals surface area contributed by atoms with Crippen molar-refractivity contribution in [1.82, 2.24) is 0 Å². The summed E-state index contributed by atoms with van der Waals surface area (Å²) in [6, 6.07) is 0.769. The Morgan fingerprint density at radius 1 is 0.824 bits per heavy atom. The van der Waals surface area contributed by atoms with Crippen LogP contribution < -0.4 is 34.7 Å². The van der Waals surface area contributed by atoms with Gasteiger partial charge in [-0.3, -0.25) is 30.3 Å². The van der Waals surface area contributed by atoms with Crippen molar-refractivity contribution in [3.63, 3.8) is 0 Å². The molecule has 11 heteroatoms. The van der Waals surface area contributed by atoms with Crippen LogP contribution in [0.2, 0.25) is 0 Å². The van der Waals surface area contributed by atoms with Gasteiger partial charge in [-0.2, -0.15) is 0 Å². The monoisotopic (exact) mass is 251 g/mol. The zero-order valence-corrected chi connectivity index (χ0v) is 10.4. The van der Waals surface area contributed by atoms with Gasteiger partial charge in [0.05, 0.1) is 32.7 Å². The van der Waals surface area contributed by atoms with Crippen LogP contribution in [0.3, 0.4) is 0 Å². The Morgan fingerprint density at radius 3 is 1.41 bits per heavy atom. The number of hydrogen-bond donors (Lipinski definition) is 0. The van der Waals surface area contributed by atoms with Crippen molar-refractivity contribution in [2.24, 2.45) is 0 Å². The van der Waals surface area contributed by atoms with E-state index in [1.807, 2.05) is 0 Å². The van der Waals surface area contributed by atoms with Crippen LogP contribution >= 0.6 is 0 Å². The molecule has 1 aromatic carbocycles. The standard InChI is InChI=1S/C6H3N3O7.Na/c10-6-4(8(13)14)1-3(7(11)12)2-5(6)9(15)16;/h1-2,10H;/q;+1/p-1. The van der Waals surface area contributed by atoms with Crippen LogP contribution in [0.4, 0.5) is 17.1 Å². The minimum absolute atomic E-state index is 0. The largest absolute Gasteiger partial charge is 1.00 e. The minimum atomic E-state index is -1.46. The number of nitro groups is 3. The molecule has 0 aliphatic carbocycles. The van der Waals surface area contributed by atoms with Gasteiger partial charge in [0, 0.05) is 0 Å². The molecule has 84 valence electrons. The average molecular weight is 251 g/mol. The average Bonchev–Trinajstić information content (AvgIpc) is 2.16. The number of benzene rings is 1. The second kappa shape index (κ2) is 5.52. The number of nitro benzene ring substituents is 3. The first-order valence-electron chi connectivity index (χ1n) is 3.63. The SMILES string of the molecule is O=[N+]([O-])c1cc([N+](=O)[O-])c([O-])c([N+](=O)[O-])c1.[Na+]. The summed E-state index contributed by atoms with van der Waals surface area (Å²) in [4.78, 5) is 27.5. The van der Waals surface area contributed by atoms with E-state index in [2.05, 4.69) is 0 Å². The Kier molecular flexibility index (Phi) is 4.94. The van der Waals surface area contributed by atoms with E-state index in [1.165, 1.54) is 0 Å². The van der Waals surface area contributed by atoms with E-state index in [4.69, 9.17) is 0 Å². The fourth-order valence-electron chi connectivity index (χ4n) is 0.961. The summed E-state index contributed by atoms with van der Waals surface area (Å²) in [5.41, 5.74) is -3.26. The van der Waals surface area contributed by atoms with Crippen molar-refractivity contribution in [2.45, 2.75) is 0 Å². The van der Waals surface area contributed by atoms with Crippen molar-refractivity contribution >= 4 is 17.1 Å². The molecule has 0 amide bonds. The molecule has 0 bridgehead atoms. The number of rotatable bonds is 3. The van der Waals surface area contributed by atoms with E-state index >= 15 is 0 Å². The summed E-state index contributed by atoms with van der Waals surface area (Å²) in [6.45, 7) is 0. The first kappa shape index (κ1) is 15.2. The maximum absolute atomic E-state index is 11.1. The van der Waals surface area contributed by atoms with Gasteiger partial charge in [0.2, 0.25) is 0 Å². The third-order valence-corrected chi connectivity index (χ3v) is 1.64. The predicted octanol–water partition coefficient (Wildman–Crippen LogP) is -2.51. The van der Waals surface area contributed by atoms with Crippen LogP contribution in [0.25, 0.3) is 0 Å². The molecule has 1 rings (SSSR count). The van der Waals surface area contributed by atoms with Gasteiger partial charge in [-0.05, 0) is 0 Å². The van der Waals surface area contributed by atoms with Crippen LogP contribution in [0, 0.1) is 30.3 Å². The van der Waals surface area contributed by atoms with Crippen LogP contribution in [0.1, 0.15) is 0 Å². The van der Waals surface area contributed by atoms with E-state index in [1.54, 1.807) is 0 Å². The second-order valence-corrected chi connectivity index (χ2v) is 2.58. The Labute approximate surface area is 115 Å². The molecule has 0 N–H and O–H groups in total. The molecule has 0 heterocycles. The molecule has 1 aromatic rings. The van der Waals surface area contributed by atoms with Gasteiger partial charge in [0.1, 0.15) is 0 Å². The smallest absolute Gasteiger partial charge is 0.863 e. The molecule has 0 spiro atoms. The summed E-state index contributed by atoms with van der Waals surface area (Å²) in [5, 5.41) is 42.1. The van der Waals surface area contributed by atoms with Crippen molar-refractivity contribution in [2.75, 3.05) is 0 Å². The van der Waals surface area contributed by atoms with Crippen LogP contribution in [-0.4, -0.2) is 14.8 Å². The number of nitrogens with zero attached hydrogens (tertiary/aromatic N) is 3. The molecular weight excluding hydrogens is 249 g/mol. The molecule has 0 aromatic heterocycles. The molecule has 0 unspecified atom stereocenters. The normalized spacial score (nSPS) is 9.18. The van der Waals surface area contributed by atoms with Gasteiger partial charge < -0.3 is 5.11 Å². The summed E-state index contributed by atoms with van der Waals surface area (Å²) in [6.07, 6.45) is 0. The van der Waals surface area contributed by atoms with Gasteiger partial charge in [-0.15, -0.1) is 0 Å². The third-order valence-electron chi connectivity index (χ3n) is 1.64. The quantitative estimate of drug-likeness (QED) is 0.326. The van der Waals surface area contributed by atoms with Crippen molar-refractivity contribution < 1.29 is 49.4 Å². The molecule has 0 radical (unpaired) electrons. The van der Waals surface area contributed by atoms with Gasteiger partial charge in [0.25, 0.3) is 17.1 Å². The van der Waals surface area contributed by atoms with Crippen molar-refractivity contribution in [3.05, 3.63) is 42.5 Å². The van der Waals surface area contributed by atoms with Crippen molar-refractivity contribution in [1.29, 1.82) is 0 Å². The Balaban J connectivity index is 0.00000256. The van der Waals surface area contributed by atoms with E-state index in [0.29, 0.717) is 12.1 Å². The van der Waals surface area contributed by atoms with Gasteiger partial charge in [0.15, 0.2) is 0 Å². The number of non-ortho nitro benzene ring substituents is 1. The molecule has 0 fully saturated rings. The first-order chi connectivity index (χ1) is 7.34. The van der Waals surface area contributed by atoms with E-state index in [9.17, 15) is 35.4 Å². The molecule has 0 aliphatic rings. The maximum Gasteiger partial charge on any atom is 1.00 e. The van der Waals surface area contributed by atoms with Crippen molar-refractivity contribution in [3.8, 4) is 5.75 Å². The second-order valence-electron chi connectivity index (χ2n) is 2.58. The third kappa shape index (κ3) is 3.09. The summed E-state index contributed by atoms with van der Waals surface area (Å²) in [7, 11) is 0. The van der Waals surface area contributed by atoms with Crippen LogP contribution in [-0.2, 0) is 0 Å². The zero-order valence-electron chi connectivity index (χ0n) is 8.35. The zero-order chi connectivity index (χ0) is 12.5. The molecule has 0 aliphatic heterocycles. The summed E-state index contributed by atoms with van der Waals surface area (Å²) in [5.74, 6) is -1.46. The molecular formula is C6H2N3NaO7. The van der Waals surface area contributed by atoms with E-state index in [-0.39, 0.29) is 29.6 Å². The van der Waals surface area contributed by atoms with E-state index in [0.717, 1.165) is 0 Å². The molecule has 0 saturated carbocycles. The first-order valence-corrected chi connectivity index (χ1v) is 3.63. The van der Waals surface area contributed by atoms with E-state index < -0.39 is 37.6 Å². The minimum Gasteiger partial charge on any atom is -0.863 e. The molecule has 0 atom stereocenters. The Hall–Kier alpha value is -1.78. The van der Waals surface area contributed by atoms with Gasteiger partial charge in [-0.1, -0.05) is 0 Å². The predicted molar refractivity (Wildman–Crippen MR) is 45.9 cm³/mol. The molecule has 10 nitrogen and oxygen atoms in total. The fourth-order valence-corrected chi connectivity index (χ4v) is 0.961. The molecule has 0 saturated heterocycles. The Morgan fingerprint density at radius 2 is 1.18 bits per heavy atom. The molecule has 17 heavy (non-hydrogen) atoms. The summed E-state index contributed by atoms with van der Waals surface area (Å²) < 4.78 is 0. The Bertz CT molecular complexity index is 467. The summed E-state index contributed by atoms with van der Waals surface area (Å²) >= 11 is 0. The van der Waals surface area contributed by atoms with Gasteiger partial charge in [-0.25, -0.2) is 0 Å². The number of hydrogen-bond acceptors (Lipinski definition) is 7. The topological polar surface area (TPSA) is 152 Å². The van der Waals surface area contributed by atoms with Crippen LogP contribution in [0.5, 0.6) is 5.75 Å². The van der Waals surface area contributed by atoms with Gasteiger partial charge >= 0.3 is 29.6 Å².